The topological polar surface area (TPSA) is 25.2 Å². The van der Waals surface area contributed by atoms with E-state index in [0.717, 1.165) is 12.8 Å². The molecular formula is C12H19NO. The van der Waals surface area contributed by atoms with Gasteiger partial charge in [-0.15, -0.1) is 0 Å². The summed E-state index contributed by atoms with van der Waals surface area (Å²) in [4.78, 5) is 0. The highest BCUT2D eigenvalue weighted by atomic mass is 16.3. The molecule has 0 aliphatic heterocycles. The van der Waals surface area contributed by atoms with Crippen LogP contribution in [0.4, 0.5) is 0 Å². The van der Waals surface area contributed by atoms with Gasteiger partial charge in [-0.05, 0) is 38.8 Å². The van der Waals surface area contributed by atoms with Gasteiger partial charge in [0.2, 0.25) is 0 Å². The van der Waals surface area contributed by atoms with Gasteiger partial charge in [0.1, 0.15) is 0 Å². The summed E-state index contributed by atoms with van der Waals surface area (Å²) in [5.74, 6) is 0. The van der Waals surface area contributed by atoms with Gasteiger partial charge in [-0.1, -0.05) is 12.8 Å². The zero-order valence-electron chi connectivity index (χ0n) is 9.08. The second-order valence-electron chi connectivity index (χ2n) is 4.54. The van der Waals surface area contributed by atoms with Crippen molar-refractivity contribution in [2.45, 2.75) is 45.1 Å². The standard InChI is InChI=1S/C12H19NO/c1-10-5-6-11(2)13(10)12(9-14)7-3-4-8-12/h5-6,14H,3-4,7-9H2,1-2H3. The summed E-state index contributed by atoms with van der Waals surface area (Å²) in [6.45, 7) is 4.54. The number of aryl methyl sites for hydroxylation is 2. The second-order valence-corrected chi connectivity index (χ2v) is 4.54. The first-order valence-electron chi connectivity index (χ1n) is 5.46. The minimum absolute atomic E-state index is 0.0116. The maximum Gasteiger partial charge on any atom is 0.0675 e. The van der Waals surface area contributed by atoms with E-state index in [1.807, 2.05) is 0 Å². The fourth-order valence-electron chi connectivity index (χ4n) is 2.90. The van der Waals surface area contributed by atoms with E-state index < -0.39 is 0 Å². The Balaban J connectivity index is 2.45. The van der Waals surface area contributed by atoms with E-state index in [9.17, 15) is 5.11 Å². The lowest BCUT2D eigenvalue weighted by Crippen LogP contribution is -2.35. The Morgan fingerprint density at radius 1 is 1.21 bits per heavy atom. The van der Waals surface area contributed by atoms with Crippen LogP contribution in [0.15, 0.2) is 12.1 Å². The molecule has 2 rings (SSSR count). The highest BCUT2D eigenvalue weighted by Crippen LogP contribution is 2.38. The molecule has 1 aliphatic rings. The van der Waals surface area contributed by atoms with Crippen molar-refractivity contribution < 1.29 is 5.11 Å². The minimum atomic E-state index is 0.0116. The van der Waals surface area contributed by atoms with Crippen molar-refractivity contribution in [1.29, 1.82) is 0 Å². The number of rotatable bonds is 2. The van der Waals surface area contributed by atoms with Crippen molar-refractivity contribution in [2.24, 2.45) is 0 Å². The summed E-state index contributed by atoms with van der Waals surface area (Å²) in [5.41, 5.74) is 2.56. The molecule has 0 aromatic carbocycles. The van der Waals surface area contributed by atoms with Gasteiger partial charge < -0.3 is 9.67 Å². The molecule has 2 heteroatoms. The van der Waals surface area contributed by atoms with Gasteiger partial charge in [-0.3, -0.25) is 0 Å². The first-order chi connectivity index (χ1) is 6.69. The molecule has 0 bridgehead atoms. The Kier molecular flexibility index (Phi) is 2.40. The molecule has 0 spiro atoms. The third kappa shape index (κ3) is 1.29. The molecule has 1 saturated carbocycles. The maximum atomic E-state index is 9.62. The molecular weight excluding hydrogens is 174 g/mol. The van der Waals surface area contributed by atoms with Crippen molar-refractivity contribution in [3.05, 3.63) is 23.5 Å². The molecule has 14 heavy (non-hydrogen) atoms. The van der Waals surface area contributed by atoms with Gasteiger partial charge in [0, 0.05) is 11.4 Å². The molecule has 2 nitrogen and oxygen atoms in total. The molecule has 1 aromatic rings. The van der Waals surface area contributed by atoms with E-state index in [2.05, 4.69) is 30.5 Å². The van der Waals surface area contributed by atoms with E-state index in [1.54, 1.807) is 0 Å². The average Bonchev–Trinajstić information content (AvgIpc) is 2.75. The van der Waals surface area contributed by atoms with Crippen molar-refractivity contribution in [1.82, 2.24) is 4.57 Å². The van der Waals surface area contributed by atoms with Crippen molar-refractivity contribution in [2.75, 3.05) is 6.61 Å². The predicted molar refractivity (Wildman–Crippen MR) is 57.4 cm³/mol. The SMILES string of the molecule is Cc1ccc(C)n1C1(CO)CCCC1. The Bertz CT molecular complexity index is 302. The number of nitrogens with zero attached hydrogens (tertiary/aromatic N) is 1. The Morgan fingerprint density at radius 2 is 1.71 bits per heavy atom. The highest BCUT2D eigenvalue weighted by molar-refractivity contribution is 5.18. The number of aliphatic hydroxyl groups is 1. The fraction of sp³-hybridized carbons (Fsp3) is 0.667. The molecule has 1 heterocycles. The molecule has 0 amide bonds. The van der Waals surface area contributed by atoms with E-state index in [4.69, 9.17) is 0 Å². The van der Waals surface area contributed by atoms with Gasteiger partial charge in [0.15, 0.2) is 0 Å². The summed E-state index contributed by atoms with van der Waals surface area (Å²) >= 11 is 0. The first kappa shape index (κ1) is 9.78. The second kappa shape index (κ2) is 3.43. The molecule has 1 aliphatic carbocycles. The number of hydrogen-bond acceptors (Lipinski definition) is 1. The van der Waals surface area contributed by atoms with Crippen LogP contribution in [0.5, 0.6) is 0 Å². The van der Waals surface area contributed by atoms with E-state index in [-0.39, 0.29) is 12.1 Å². The Morgan fingerprint density at radius 3 is 2.14 bits per heavy atom. The van der Waals surface area contributed by atoms with Crippen LogP contribution in [-0.4, -0.2) is 16.3 Å². The molecule has 1 fully saturated rings. The lowest BCUT2D eigenvalue weighted by atomic mass is 9.98. The van der Waals surface area contributed by atoms with Crippen LogP contribution in [0.2, 0.25) is 0 Å². The minimum Gasteiger partial charge on any atom is -0.394 e. The number of aliphatic hydroxyl groups excluding tert-OH is 1. The van der Waals surface area contributed by atoms with Crippen LogP contribution in [-0.2, 0) is 5.54 Å². The molecule has 1 N–H and O–H groups in total. The summed E-state index contributed by atoms with van der Waals surface area (Å²) in [6.07, 6.45) is 4.74. The van der Waals surface area contributed by atoms with Crippen LogP contribution in [0.25, 0.3) is 0 Å². The van der Waals surface area contributed by atoms with Gasteiger partial charge in [0.25, 0.3) is 0 Å². The van der Waals surface area contributed by atoms with Crippen LogP contribution < -0.4 is 0 Å². The molecule has 0 atom stereocenters. The molecule has 0 radical (unpaired) electrons. The Labute approximate surface area is 85.6 Å². The monoisotopic (exact) mass is 193 g/mol. The molecule has 78 valence electrons. The van der Waals surface area contributed by atoms with Gasteiger partial charge in [-0.25, -0.2) is 0 Å². The maximum absolute atomic E-state index is 9.62. The fourth-order valence-corrected chi connectivity index (χ4v) is 2.90. The van der Waals surface area contributed by atoms with Gasteiger partial charge in [-0.2, -0.15) is 0 Å². The van der Waals surface area contributed by atoms with E-state index >= 15 is 0 Å². The first-order valence-corrected chi connectivity index (χ1v) is 5.46. The van der Waals surface area contributed by atoms with Crippen LogP contribution in [0.1, 0.15) is 37.1 Å². The van der Waals surface area contributed by atoms with Crippen LogP contribution in [0.3, 0.4) is 0 Å². The van der Waals surface area contributed by atoms with Crippen LogP contribution >= 0.6 is 0 Å². The summed E-state index contributed by atoms with van der Waals surface area (Å²) in [6, 6.07) is 4.29. The van der Waals surface area contributed by atoms with Gasteiger partial charge in [0.05, 0.1) is 12.1 Å². The molecule has 0 unspecified atom stereocenters. The average molecular weight is 193 g/mol. The molecule has 0 saturated heterocycles. The zero-order valence-corrected chi connectivity index (χ0v) is 9.08. The van der Waals surface area contributed by atoms with Crippen molar-refractivity contribution >= 4 is 0 Å². The Hall–Kier alpha value is -0.760. The molecule has 1 aromatic heterocycles. The summed E-state index contributed by atoms with van der Waals surface area (Å²) in [7, 11) is 0. The van der Waals surface area contributed by atoms with Crippen molar-refractivity contribution in [3.8, 4) is 0 Å². The normalized spacial score (nSPS) is 20.2. The summed E-state index contributed by atoms with van der Waals surface area (Å²) < 4.78 is 2.33. The van der Waals surface area contributed by atoms with Gasteiger partial charge >= 0.3 is 0 Å². The predicted octanol–water partition coefficient (Wildman–Crippen LogP) is 2.37. The van der Waals surface area contributed by atoms with E-state index in [1.165, 1.54) is 24.2 Å². The third-order valence-electron chi connectivity index (χ3n) is 3.57. The highest BCUT2D eigenvalue weighted by Gasteiger charge is 2.36. The van der Waals surface area contributed by atoms with Crippen molar-refractivity contribution in [3.63, 3.8) is 0 Å². The quantitative estimate of drug-likeness (QED) is 0.766. The smallest absolute Gasteiger partial charge is 0.0675 e. The van der Waals surface area contributed by atoms with E-state index in [0.29, 0.717) is 0 Å². The summed E-state index contributed by atoms with van der Waals surface area (Å²) in [5, 5.41) is 9.62. The third-order valence-corrected chi connectivity index (χ3v) is 3.57. The lowest BCUT2D eigenvalue weighted by Gasteiger charge is -2.32. The van der Waals surface area contributed by atoms with Crippen LogP contribution in [0, 0.1) is 13.8 Å². The lowest BCUT2D eigenvalue weighted by molar-refractivity contribution is 0.133. The zero-order chi connectivity index (χ0) is 10.2. The number of hydrogen-bond donors (Lipinski definition) is 1. The largest absolute Gasteiger partial charge is 0.394 e. The number of aromatic nitrogens is 1.